The second-order valence-corrected chi connectivity index (χ2v) is 9.32. The summed E-state index contributed by atoms with van der Waals surface area (Å²) in [5.41, 5.74) is 7.91. The third kappa shape index (κ3) is 5.59. The molecular weight excluding hydrogens is 403 g/mol. The third-order valence-corrected chi connectivity index (χ3v) is 6.84. The molecule has 3 rings (SSSR count). The van der Waals surface area contributed by atoms with E-state index in [0.29, 0.717) is 32.3 Å². The fourth-order valence-electron chi connectivity index (χ4n) is 4.61. The number of aliphatic carboxylic acids is 1. The monoisotopic (exact) mass is 438 g/mol. The summed E-state index contributed by atoms with van der Waals surface area (Å²) in [5.74, 6) is -0.0199. The summed E-state index contributed by atoms with van der Waals surface area (Å²) in [5, 5.41) is 8.97. The average molecular weight is 439 g/mol. The number of allylic oxidation sites excluding steroid dienone is 1. The second kappa shape index (κ2) is 9.89. The molecule has 0 aromatic heterocycles. The van der Waals surface area contributed by atoms with Crippen LogP contribution in [0.1, 0.15) is 72.9 Å². The molecule has 2 aromatic carbocycles. The molecule has 0 fully saturated rings. The van der Waals surface area contributed by atoms with E-state index in [1.165, 1.54) is 22.3 Å². The van der Waals surface area contributed by atoms with E-state index in [0.717, 1.165) is 34.4 Å². The van der Waals surface area contributed by atoms with E-state index in [9.17, 15) is 9.18 Å². The lowest BCUT2D eigenvalue weighted by atomic mass is 9.80. The van der Waals surface area contributed by atoms with E-state index in [1.54, 1.807) is 6.92 Å². The van der Waals surface area contributed by atoms with E-state index in [1.807, 2.05) is 26.0 Å². The Morgan fingerprint density at radius 2 is 1.88 bits per heavy atom. The Kier molecular flexibility index (Phi) is 7.43. The molecule has 172 valence electrons. The van der Waals surface area contributed by atoms with Crippen LogP contribution in [0.5, 0.6) is 5.75 Å². The van der Waals surface area contributed by atoms with Gasteiger partial charge in [0.15, 0.2) is 0 Å². The number of alkyl halides is 1. The van der Waals surface area contributed by atoms with Crippen molar-refractivity contribution in [2.45, 2.75) is 78.8 Å². The predicted molar refractivity (Wildman–Crippen MR) is 128 cm³/mol. The number of benzene rings is 2. The van der Waals surface area contributed by atoms with Crippen LogP contribution in [0, 0.1) is 20.8 Å². The van der Waals surface area contributed by atoms with Gasteiger partial charge in [-0.25, -0.2) is 4.39 Å². The Morgan fingerprint density at radius 1 is 1.12 bits per heavy atom. The van der Waals surface area contributed by atoms with Gasteiger partial charge >= 0.3 is 5.97 Å². The van der Waals surface area contributed by atoms with Crippen molar-refractivity contribution in [1.82, 2.24) is 0 Å². The molecule has 0 spiro atoms. The van der Waals surface area contributed by atoms with E-state index in [4.69, 9.17) is 9.84 Å². The maximum absolute atomic E-state index is 15.0. The van der Waals surface area contributed by atoms with Crippen LogP contribution in [0.15, 0.2) is 35.9 Å². The maximum atomic E-state index is 15.0. The lowest BCUT2D eigenvalue weighted by Crippen LogP contribution is -2.25. The quantitative estimate of drug-likeness (QED) is 0.486. The molecule has 0 bridgehead atoms. The van der Waals surface area contributed by atoms with Crippen molar-refractivity contribution < 1.29 is 19.0 Å². The normalized spacial score (nSPS) is 18.7. The summed E-state index contributed by atoms with van der Waals surface area (Å²) in [7, 11) is 0. The molecule has 32 heavy (non-hydrogen) atoms. The van der Waals surface area contributed by atoms with Gasteiger partial charge in [-0.1, -0.05) is 31.2 Å². The van der Waals surface area contributed by atoms with Crippen LogP contribution in [-0.4, -0.2) is 23.4 Å². The highest BCUT2D eigenvalue weighted by atomic mass is 19.1. The molecule has 1 aliphatic rings. The number of carbonyl (C=O) groups is 1. The van der Waals surface area contributed by atoms with Crippen LogP contribution < -0.4 is 4.74 Å². The Hall–Kier alpha value is -2.62. The van der Waals surface area contributed by atoms with Gasteiger partial charge in [-0.15, -0.1) is 0 Å². The summed E-state index contributed by atoms with van der Waals surface area (Å²) in [6.07, 6.45) is 3.22. The highest BCUT2D eigenvalue weighted by molar-refractivity contribution is 5.71. The molecule has 0 amide bonds. The van der Waals surface area contributed by atoms with Crippen molar-refractivity contribution in [3.63, 3.8) is 0 Å². The molecule has 1 N–H and O–H groups in total. The number of hydrogen-bond donors (Lipinski definition) is 1. The first-order chi connectivity index (χ1) is 15.1. The van der Waals surface area contributed by atoms with E-state index in [2.05, 4.69) is 32.0 Å². The molecule has 0 saturated carbocycles. The topological polar surface area (TPSA) is 46.5 Å². The van der Waals surface area contributed by atoms with E-state index < -0.39 is 11.6 Å². The van der Waals surface area contributed by atoms with Gasteiger partial charge in [0, 0.05) is 12.8 Å². The van der Waals surface area contributed by atoms with Crippen LogP contribution in [-0.2, 0) is 17.6 Å². The predicted octanol–water partition coefficient (Wildman–Crippen LogP) is 6.94. The van der Waals surface area contributed by atoms with Crippen LogP contribution >= 0.6 is 0 Å². The number of ether oxygens (including phenoxy) is 1. The standard InChI is InChI=1S/C28H35FO3/c1-6-21-15-23(8-7-18(21)2)25-13-14-28(5,29)16-24(25)17-32-26-11-9-22(10-12-27(30)31)19(3)20(26)4/h7-9,11,15H,6,10,12-14,16-17H2,1-5H3,(H,30,31). The smallest absolute Gasteiger partial charge is 0.303 e. The first-order valence-corrected chi connectivity index (χ1v) is 11.5. The van der Waals surface area contributed by atoms with Gasteiger partial charge in [-0.2, -0.15) is 0 Å². The number of hydrogen-bond acceptors (Lipinski definition) is 2. The molecule has 3 nitrogen and oxygen atoms in total. The van der Waals surface area contributed by atoms with Crippen molar-refractivity contribution in [1.29, 1.82) is 0 Å². The van der Waals surface area contributed by atoms with Gasteiger partial charge in [-0.3, -0.25) is 4.79 Å². The number of aryl methyl sites for hydroxylation is 3. The molecule has 1 aliphatic carbocycles. The van der Waals surface area contributed by atoms with E-state index in [-0.39, 0.29) is 6.42 Å². The zero-order chi connectivity index (χ0) is 23.5. The number of carboxylic acids is 1. The van der Waals surface area contributed by atoms with Gasteiger partial charge in [-0.05, 0) is 104 Å². The summed E-state index contributed by atoms with van der Waals surface area (Å²) < 4.78 is 21.2. The van der Waals surface area contributed by atoms with Crippen molar-refractivity contribution in [3.8, 4) is 5.75 Å². The zero-order valence-corrected chi connectivity index (χ0v) is 20.0. The molecular formula is C28H35FO3. The maximum Gasteiger partial charge on any atom is 0.303 e. The van der Waals surface area contributed by atoms with Crippen molar-refractivity contribution in [3.05, 3.63) is 69.3 Å². The minimum absolute atomic E-state index is 0.113. The van der Waals surface area contributed by atoms with Gasteiger partial charge in [0.05, 0.1) is 0 Å². The Balaban J connectivity index is 1.87. The van der Waals surface area contributed by atoms with Gasteiger partial charge in [0.25, 0.3) is 0 Å². The van der Waals surface area contributed by atoms with Crippen LogP contribution in [0.25, 0.3) is 5.57 Å². The zero-order valence-electron chi connectivity index (χ0n) is 20.0. The summed E-state index contributed by atoms with van der Waals surface area (Å²) in [6, 6.07) is 10.4. The minimum Gasteiger partial charge on any atom is -0.489 e. The second-order valence-electron chi connectivity index (χ2n) is 9.32. The van der Waals surface area contributed by atoms with Crippen LogP contribution in [0.2, 0.25) is 0 Å². The van der Waals surface area contributed by atoms with Crippen molar-refractivity contribution in [2.24, 2.45) is 0 Å². The molecule has 2 aromatic rings. The number of carboxylic acid groups (broad SMARTS) is 1. The molecule has 0 saturated heterocycles. The highest BCUT2D eigenvalue weighted by Gasteiger charge is 2.32. The van der Waals surface area contributed by atoms with Crippen LogP contribution in [0.3, 0.4) is 0 Å². The fourth-order valence-corrected chi connectivity index (χ4v) is 4.61. The van der Waals surface area contributed by atoms with Gasteiger partial charge < -0.3 is 9.84 Å². The first kappa shape index (κ1) is 24.0. The first-order valence-electron chi connectivity index (χ1n) is 11.5. The Bertz CT molecular complexity index is 1030. The lowest BCUT2D eigenvalue weighted by molar-refractivity contribution is -0.136. The number of halogens is 1. The summed E-state index contributed by atoms with van der Waals surface area (Å²) >= 11 is 0. The molecule has 0 heterocycles. The Labute approximate surface area is 191 Å². The molecule has 0 radical (unpaired) electrons. The molecule has 1 unspecified atom stereocenters. The van der Waals surface area contributed by atoms with Crippen molar-refractivity contribution in [2.75, 3.05) is 6.61 Å². The van der Waals surface area contributed by atoms with Crippen molar-refractivity contribution >= 4 is 11.5 Å². The molecule has 4 heteroatoms. The largest absolute Gasteiger partial charge is 0.489 e. The average Bonchev–Trinajstić information content (AvgIpc) is 2.74. The highest BCUT2D eigenvalue weighted by Crippen LogP contribution is 2.40. The fraction of sp³-hybridized carbons (Fsp3) is 0.464. The van der Waals surface area contributed by atoms with E-state index >= 15 is 0 Å². The van der Waals surface area contributed by atoms with Gasteiger partial charge in [0.2, 0.25) is 0 Å². The minimum atomic E-state index is -1.22. The lowest BCUT2D eigenvalue weighted by Gasteiger charge is -2.31. The Morgan fingerprint density at radius 3 is 2.56 bits per heavy atom. The number of rotatable bonds is 8. The van der Waals surface area contributed by atoms with Gasteiger partial charge in [0.1, 0.15) is 18.0 Å². The third-order valence-electron chi connectivity index (χ3n) is 6.84. The SMILES string of the molecule is CCc1cc(C2=C(COc3ccc(CCC(=O)O)c(C)c3C)CC(C)(F)CC2)ccc1C. The molecule has 0 aliphatic heterocycles. The summed E-state index contributed by atoms with van der Waals surface area (Å²) in [4.78, 5) is 10.9. The molecule has 1 atom stereocenters. The van der Waals surface area contributed by atoms with Crippen LogP contribution in [0.4, 0.5) is 4.39 Å². The summed E-state index contributed by atoms with van der Waals surface area (Å²) in [6.45, 7) is 10.3.